The van der Waals surface area contributed by atoms with E-state index in [2.05, 4.69) is 20.3 Å². The molecule has 4 rings (SSSR count). The van der Waals surface area contributed by atoms with E-state index in [0.29, 0.717) is 28.2 Å². The Kier molecular flexibility index (Phi) is 5.67. The van der Waals surface area contributed by atoms with E-state index in [1.807, 2.05) is 6.07 Å². The molecule has 9 heteroatoms. The molecule has 3 heterocycles. The molecule has 3 aromatic heterocycles. The number of benzene rings is 1. The van der Waals surface area contributed by atoms with E-state index >= 15 is 0 Å². The third-order valence-corrected chi connectivity index (χ3v) is 6.13. The van der Waals surface area contributed by atoms with E-state index in [-0.39, 0.29) is 17.0 Å². The van der Waals surface area contributed by atoms with E-state index in [0.717, 1.165) is 11.6 Å². The largest absolute Gasteiger partial charge is 0.346 e. The van der Waals surface area contributed by atoms with Crippen molar-refractivity contribution < 1.29 is 17.6 Å². The van der Waals surface area contributed by atoms with Gasteiger partial charge in [0.15, 0.2) is 9.84 Å². The number of hydrogen-bond acceptors (Lipinski definition) is 6. The van der Waals surface area contributed by atoms with Crippen LogP contribution in [0, 0.1) is 12.9 Å². The molecule has 32 heavy (non-hydrogen) atoms. The molecule has 0 bridgehead atoms. The molecule has 0 aliphatic heterocycles. The Morgan fingerprint density at radius 1 is 1.03 bits per heavy atom. The highest BCUT2D eigenvalue weighted by Crippen LogP contribution is 2.20. The molecule has 0 atom stereocenters. The van der Waals surface area contributed by atoms with Crippen molar-refractivity contribution in [2.45, 2.75) is 18.4 Å². The summed E-state index contributed by atoms with van der Waals surface area (Å²) in [6.07, 6.45) is 2.75. The van der Waals surface area contributed by atoms with Crippen molar-refractivity contribution in [1.29, 1.82) is 0 Å². The fourth-order valence-corrected chi connectivity index (χ4v) is 4.26. The number of nitrogens with one attached hydrogen (secondary N) is 1. The summed E-state index contributed by atoms with van der Waals surface area (Å²) in [5, 5.41) is 3.53. The van der Waals surface area contributed by atoms with Gasteiger partial charge in [-0.1, -0.05) is 12.1 Å². The SMILES string of the molecule is Cc1ccc(C(=O)NCc2cc3nc(-c4cccc(F)n4)ccc3cn2)cc1S(C)(=O)=O. The predicted octanol–water partition coefficient (Wildman–Crippen LogP) is 3.47. The van der Waals surface area contributed by atoms with Crippen LogP contribution in [0.3, 0.4) is 0 Å². The van der Waals surface area contributed by atoms with E-state index < -0.39 is 21.7 Å². The second kappa shape index (κ2) is 8.43. The summed E-state index contributed by atoms with van der Waals surface area (Å²) in [6, 6.07) is 14.3. The van der Waals surface area contributed by atoms with Gasteiger partial charge < -0.3 is 5.32 Å². The highest BCUT2D eigenvalue weighted by Gasteiger charge is 2.15. The smallest absolute Gasteiger partial charge is 0.251 e. The first-order chi connectivity index (χ1) is 15.2. The zero-order chi connectivity index (χ0) is 22.9. The maximum atomic E-state index is 13.4. The van der Waals surface area contributed by atoms with Crippen LogP contribution in [0.15, 0.2) is 65.7 Å². The number of fused-ring (bicyclic) bond motifs is 1. The molecule has 0 fully saturated rings. The third kappa shape index (κ3) is 4.62. The third-order valence-electron chi connectivity index (χ3n) is 4.89. The van der Waals surface area contributed by atoms with Crippen molar-refractivity contribution in [3.05, 3.63) is 83.6 Å². The van der Waals surface area contributed by atoms with Crippen molar-refractivity contribution in [1.82, 2.24) is 20.3 Å². The minimum absolute atomic E-state index is 0.122. The number of aromatic nitrogens is 3. The topological polar surface area (TPSA) is 102 Å². The summed E-state index contributed by atoms with van der Waals surface area (Å²) in [5.41, 5.74) is 2.95. The number of hydrogen-bond donors (Lipinski definition) is 1. The van der Waals surface area contributed by atoms with Gasteiger partial charge in [-0.15, -0.1) is 0 Å². The number of amides is 1. The number of halogens is 1. The van der Waals surface area contributed by atoms with Crippen LogP contribution in [0.4, 0.5) is 4.39 Å². The van der Waals surface area contributed by atoms with Crippen molar-refractivity contribution in [3.8, 4) is 11.4 Å². The lowest BCUT2D eigenvalue weighted by Crippen LogP contribution is -2.23. The Bertz CT molecular complexity index is 1460. The van der Waals surface area contributed by atoms with Gasteiger partial charge in [0.2, 0.25) is 5.95 Å². The standard InChI is InChI=1S/C23H19FN4O3S/c1-14-6-7-15(10-21(14)32(2,30)31)23(29)26-13-17-11-20-16(12-25-17)8-9-19(27-20)18-4-3-5-22(24)28-18/h3-12H,13H2,1-2H3,(H,26,29). The second-order valence-electron chi connectivity index (χ2n) is 7.35. The normalized spacial score (nSPS) is 11.5. The van der Waals surface area contributed by atoms with Crippen LogP contribution in [-0.4, -0.2) is 35.5 Å². The molecule has 0 saturated heterocycles. The van der Waals surface area contributed by atoms with Crippen LogP contribution < -0.4 is 5.32 Å². The summed E-state index contributed by atoms with van der Waals surface area (Å²) in [5.74, 6) is -1.000. The quantitative estimate of drug-likeness (QED) is 0.467. The molecule has 0 unspecified atom stereocenters. The zero-order valence-corrected chi connectivity index (χ0v) is 18.1. The predicted molar refractivity (Wildman–Crippen MR) is 118 cm³/mol. The molecule has 0 radical (unpaired) electrons. The molecule has 0 aliphatic carbocycles. The first kappa shape index (κ1) is 21.5. The van der Waals surface area contributed by atoms with Crippen LogP contribution >= 0.6 is 0 Å². The van der Waals surface area contributed by atoms with Crippen molar-refractivity contribution in [3.63, 3.8) is 0 Å². The van der Waals surface area contributed by atoms with E-state index in [4.69, 9.17) is 0 Å². The number of carbonyl (C=O) groups is 1. The van der Waals surface area contributed by atoms with Crippen molar-refractivity contribution >= 4 is 26.6 Å². The first-order valence-corrected chi connectivity index (χ1v) is 11.6. The Morgan fingerprint density at radius 2 is 1.81 bits per heavy atom. The number of pyridine rings is 3. The molecule has 162 valence electrons. The van der Waals surface area contributed by atoms with Crippen LogP contribution in [0.5, 0.6) is 0 Å². The van der Waals surface area contributed by atoms with Crippen molar-refractivity contribution in [2.75, 3.05) is 6.26 Å². The maximum Gasteiger partial charge on any atom is 0.251 e. The molecule has 0 spiro atoms. The van der Waals surface area contributed by atoms with Crippen molar-refractivity contribution in [2.24, 2.45) is 0 Å². The lowest BCUT2D eigenvalue weighted by molar-refractivity contribution is 0.0950. The van der Waals surface area contributed by atoms with Gasteiger partial charge in [-0.3, -0.25) is 9.78 Å². The average molecular weight is 450 g/mol. The number of carbonyl (C=O) groups excluding carboxylic acids is 1. The Hall–Kier alpha value is -3.72. The molecule has 4 aromatic rings. The number of rotatable bonds is 5. The molecule has 7 nitrogen and oxygen atoms in total. The monoisotopic (exact) mass is 450 g/mol. The van der Waals surface area contributed by atoms with Gasteiger partial charge in [-0.25, -0.2) is 18.4 Å². The van der Waals surface area contributed by atoms with E-state index in [1.54, 1.807) is 49.5 Å². The van der Waals surface area contributed by atoms with Crippen LogP contribution in [-0.2, 0) is 16.4 Å². The lowest BCUT2D eigenvalue weighted by Gasteiger charge is -2.09. The summed E-state index contributed by atoms with van der Waals surface area (Å²) in [4.78, 5) is 25.4. The van der Waals surface area contributed by atoms with Crippen LogP contribution in [0.1, 0.15) is 21.6 Å². The number of aryl methyl sites for hydroxylation is 1. The summed E-state index contributed by atoms with van der Waals surface area (Å²) < 4.78 is 37.3. The molecular formula is C23H19FN4O3S. The van der Waals surface area contributed by atoms with Gasteiger partial charge >= 0.3 is 0 Å². The number of nitrogens with zero attached hydrogens (tertiary/aromatic N) is 3. The number of sulfone groups is 1. The minimum atomic E-state index is -3.44. The summed E-state index contributed by atoms with van der Waals surface area (Å²) >= 11 is 0. The second-order valence-corrected chi connectivity index (χ2v) is 9.33. The van der Waals surface area contributed by atoms with Gasteiger partial charge in [0.1, 0.15) is 0 Å². The molecule has 1 amide bonds. The highest BCUT2D eigenvalue weighted by atomic mass is 32.2. The van der Waals surface area contributed by atoms with Gasteiger partial charge in [0.25, 0.3) is 5.91 Å². The van der Waals surface area contributed by atoms with Gasteiger partial charge in [0, 0.05) is 23.4 Å². The maximum absolute atomic E-state index is 13.4. The fourth-order valence-electron chi connectivity index (χ4n) is 3.26. The molecule has 0 saturated carbocycles. The van der Waals surface area contributed by atoms with Gasteiger partial charge in [-0.05, 0) is 55.0 Å². The Balaban J connectivity index is 1.55. The Labute approximate surface area is 184 Å². The average Bonchev–Trinajstić information content (AvgIpc) is 2.76. The lowest BCUT2D eigenvalue weighted by atomic mass is 10.1. The minimum Gasteiger partial charge on any atom is -0.346 e. The first-order valence-electron chi connectivity index (χ1n) is 9.68. The molecule has 0 aliphatic rings. The fraction of sp³-hybridized carbons (Fsp3) is 0.130. The molecule has 1 N–H and O–H groups in total. The van der Waals surface area contributed by atoms with Crippen LogP contribution in [0.25, 0.3) is 22.3 Å². The Morgan fingerprint density at radius 3 is 2.56 bits per heavy atom. The molecular weight excluding hydrogens is 431 g/mol. The van der Waals surface area contributed by atoms with E-state index in [9.17, 15) is 17.6 Å². The zero-order valence-electron chi connectivity index (χ0n) is 17.3. The molecule has 1 aromatic carbocycles. The van der Waals surface area contributed by atoms with Crippen LogP contribution in [0.2, 0.25) is 0 Å². The van der Waals surface area contributed by atoms with Gasteiger partial charge in [0.05, 0.1) is 34.0 Å². The highest BCUT2D eigenvalue weighted by molar-refractivity contribution is 7.90. The van der Waals surface area contributed by atoms with Gasteiger partial charge in [-0.2, -0.15) is 4.39 Å². The van der Waals surface area contributed by atoms with E-state index in [1.165, 1.54) is 12.1 Å². The summed E-state index contributed by atoms with van der Waals surface area (Å²) in [6.45, 7) is 1.80. The summed E-state index contributed by atoms with van der Waals surface area (Å²) in [7, 11) is -3.44.